The Labute approximate surface area is 246 Å². The van der Waals surface area contributed by atoms with E-state index in [4.69, 9.17) is 19.2 Å². The molecule has 0 N–H and O–H groups in total. The van der Waals surface area contributed by atoms with Gasteiger partial charge in [-0.15, -0.1) is 5.10 Å². The molecule has 3 aromatic heterocycles. The van der Waals surface area contributed by atoms with Gasteiger partial charge in [-0.2, -0.15) is 0 Å². The van der Waals surface area contributed by atoms with Crippen LogP contribution in [0.5, 0.6) is 11.6 Å². The average Bonchev–Trinajstić information content (AvgIpc) is 3.49. The van der Waals surface area contributed by atoms with Crippen molar-refractivity contribution in [1.29, 1.82) is 0 Å². The Morgan fingerprint density at radius 2 is 1.47 bits per heavy atom. The van der Waals surface area contributed by atoms with Gasteiger partial charge in [0, 0.05) is 25.3 Å². The summed E-state index contributed by atoms with van der Waals surface area (Å²) in [5.74, 6) is 0.849. The van der Waals surface area contributed by atoms with Gasteiger partial charge in [0.05, 0.1) is 22.4 Å². The second-order valence-corrected chi connectivity index (χ2v) is 10.8. The van der Waals surface area contributed by atoms with E-state index >= 15 is 0 Å². The maximum atomic E-state index is 13.6. The summed E-state index contributed by atoms with van der Waals surface area (Å²) in [6, 6.07) is 33.9. The molecule has 8 rings (SSSR count). The van der Waals surface area contributed by atoms with Gasteiger partial charge >= 0.3 is 5.63 Å². The fourth-order valence-electron chi connectivity index (χ4n) is 5.79. The van der Waals surface area contributed by atoms with E-state index in [0.29, 0.717) is 45.2 Å². The lowest BCUT2D eigenvalue weighted by Gasteiger charge is -2.27. The number of rotatable bonds is 4. The van der Waals surface area contributed by atoms with Crippen molar-refractivity contribution in [3.05, 3.63) is 137 Å². The van der Waals surface area contributed by atoms with Gasteiger partial charge in [-0.3, -0.25) is 0 Å². The predicted molar refractivity (Wildman–Crippen MR) is 166 cm³/mol. The molecule has 0 aliphatic carbocycles. The molecule has 0 amide bonds. The first kappa shape index (κ1) is 25.0. The summed E-state index contributed by atoms with van der Waals surface area (Å²) in [5.41, 5.74) is 6.69. The number of hydrogen-bond acceptors (Lipinski definition) is 7. The molecule has 0 saturated carbocycles. The van der Waals surface area contributed by atoms with Crippen molar-refractivity contribution in [3.63, 3.8) is 0 Å². The van der Waals surface area contributed by atoms with E-state index in [-0.39, 0.29) is 0 Å². The number of aromatic nitrogens is 4. The van der Waals surface area contributed by atoms with Crippen LogP contribution in [0.2, 0.25) is 0 Å². The van der Waals surface area contributed by atoms with E-state index in [1.807, 2.05) is 91.8 Å². The highest BCUT2D eigenvalue weighted by molar-refractivity contribution is 5.87. The molecule has 4 heterocycles. The smallest absolute Gasteiger partial charge is 0.344 e. The molecule has 0 saturated heterocycles. The number of ether oxygens (including phenoxy) is 1. The Kier molecular flexibility index (Phi) is 5.62. The maximum absolute atomic E-state index is 13.6. The third-order valence-electron chi connectivity index (χ3n) is 7.95. The van der Waals surface area contributed by atoms with E-state index in [1.165, 1.54) is 0 Å². The quantitative estimate of drug-likeness (QED) is 0.215. The molecule has 1 aliphatic heterocycles. The summed E-state index contributed by atoms with van der Waals surface area (Å²) >= 11 is 0. The molecule has 0 radical (unpaired) electrons. The minimum absolute atomic E-state index is 0.385. The second kappa shape index (κ2) is 9.66. The van der Waals surface area contributed by atoms with Crippen molar-refractivity contribution in [1.82, 2.24) is 19.6 Å². The van der Waals surface area contributed by atoms with Crippen LogP contribution in [0.3, 0.4) is 0 Å². The van der Waals surface area contributed by atoms with Gasteiger partial charge < -0.3 is 14.1 Å². The Morgan fingerprint density at radius 3 is 2.23 bits per heavy atom. The largest absolute Gasteiger partial charge is 0.437 e. The molecule has 1 unspecified atom stereocenters. The summed E-state index contributed by atoms with van der Waals surface area (Å²) in [7, 11) is 3.98. The standard InChI is InChI=1S/C35H25N5O3/c1-39(2)25-18-16-23(17-19-25)28-29-31(26-10-6-7-11-27(26)42-35(29)41)43-34-30(28)33-37-32(38-40(33)20-36-34)24-14-12-22(13-15-24)21-8-4-3-5-9-21/h3-20,28H,1-2H3. The highest BCUT2D eigenvalue weighted by atomic mass is 16.5. The number of benzene rings is 4. The average molecular weight is 564 g/mol. The maximum Gasteiger partial charge on any atom is 0.344 e. The van der Waals surface area contributed by atoms with Crippen molar-refractivity contribution in [2.75, 3.05) is 19.0 Å². The molecule has 208 valence electrons. The van der Waals surface area contributed by atoms with Gasteiger partial charge in [-0.05, 0) is 41.0 Å². The molecule has 0 bridgehead atoms. The molecular formula is C35H25N5O3. The van der Waals surface area contributed by atoms with E-state index in [9.17, 15) is 4.79 Å². The summed E-state index contributed by atoms with van der Waals surface area (Å²) in [4.78, 5) is 25.3. The molecule has 4 aromatic carbocycles. The van der Waals surface area contributed by atoms with Crippen molar-refractivity contribution >= 4 is 22.3 Å². The van der Waals surface area contributed by atoms with Crippen LogP contribution >= 0.6 is 0 Å². The predicted octanol–water partition coefficient (Wildman–Crippen LogP) is 6.92. The minimum atomic E-state index is -0.537. The van der Waals surface area contributed by atoms with Gasteiger partial charge in [0.25, 0.3) is 0 Å². The van der Waals surface area contributed by atoms with Gasteiger partial charge in [0.1, 0.15) is 11.9 Å². The molecule has 0 fully saturated rings. The zero-order chi connectivity index (χ0) is 29.1. The second-order valence-electron chi connectivity index (χ2n) is 10.8. The number of anilines is 1. The lowest BCUT2D eigenvalue weighted by molar-refractivity contribution is 0.422. The van der Waals surface area contributed by atoms with Crippen LogP contribution in [-0.2, 0) is 0 Å². The van der Waals surface area contributed by atoms with Crippen LogP contribution in [0.4, 0.5) is 5.69 Å². The molecular weight excluding hydrogens is 538 g/mol. The van der Waals surface area contributed by atoms with E-state index in [0.717, 1.165) is 27.9 Å². The molecule has 1 aliphatic rings. The fraction of sp³-hybridized carbons (Fsp3) is 0.0857. The van der Waals surface area contributed by atoms with Crippen LogP contribution in [-0.4, -0.2) is 33.7 Å². The fourth-order valence-corrected chi connectivity index (χ4v) is 5.79. The first-order valence-corrected chi connectivity index (χ1v) is 14.0. The lowest BCUT2D eigenvalue weighted by atomic mass is 9.84. The topological polar surface area (TPSA) is 85.8 Å². The van der Waals surface area contributed by atoms with E-state index in [1.54, 1.807) is 16.9 Å². The third-order valence-corrected chi connectivity index (χ3v) is 7.95. The van der Waals surface area contributed by atoms with Crippen LogP contribution in [0.1, 0.15) is 22.6 Å². The Hall–Kier alpha value is -5.76. The zero-order valence-corrected chi connectivity index (χ0v) is 23.4. The first-order valence-electron chi connectivity index (χ1n) is 14.0. The zero-order valence-electron chi connectivity index (χ0n) is 23.4. The van der Waals surface area contributed by atoms with Crippen molar-refractivity contribution < 1.29 is 9.15 Å². The van der Waals surface area contributed by atoms with Gasteiger partial charge in [-0.1, -0.05) is 78.9 Å². The van der Waals surface area contributed by atoms with Gasteiger partial charge in [-0.25, -0.2) is 19.3 Å². The summed E-state index contributed by atoms with van der Waals surface area (Å²) in [5, 5.41) is 5.47. The summed E-state index contributed by atoms with van der Waals surface area (Å²) < 4.78 is 13.9. The molecule has 43 heavy (non-hydrogen) atoms. The summed E-state index contributed by atoms with van der Waals surface area (Å²) in [6.07, 6.45) is 1.60. The van der Waals surface area contributed by atoms with Crippen molar-refractivity contribution in [3.8, 4) is 34.1 Å². The van der Waals surface area contributed by atoms with Crippen molar-refractivity contribution in [2.24, 2.45) is 0 Å². The Bertz CT molecular complexity index is 2200. The minimum Gasteiger partial charge on any atom is -0.437 e. The van der Waals surface area contributed by atoms with Crippen LogP contribution in [0.15, 0.2) is 119 Å². The lowest BCUT2D eigenvalue weighted by Crippen LogP contribution is -2.22. The highest BCUT2D eigenvalue weighted by Gasteiger charge is 2.37. The molecule has 7 aromatic rings. The summed E-state index contributed by atoms with van der Waals surface area (Å²) in [6.45, 7) is 0. The van der Waals surface area contributed by atoms with Gasteiger partial charge in [0.2, 0.25) is 5.88 Å². The third kappa shape index (κ3) is 4.06. The normalized spacial score (nSPS) is 13.9. The van der Waals surface area contributed by atoms with Crippen LogP contribution < -0.4 is 15.3 Å². The molecule has 1 atom stereocenters. The van der Waals surface area contributed by atoms with E-state index < -0.39 is 11.5 Å². The molecule has 0 spiro atoms. The SMILES string of the molecule is CN(C)c1ccc(C2c3c(c4ccccc4oc3=O)Oc3ncn4nc(-c5ccc(-c6ccccc6)cc5)nc4c32)cc1. The number of hydrogen-bond donors (Lipinski definition) is 0. The van der Waals surface area contributed by atoms with Crippen LogP contribution in [0.25, 0.3) is 39.1 Å². The Morgan fingerprint density at radius 1 is 0.767 bits per heavy atom. The number of fused-ring (bicyclic) bond motifs is 6. The van der Waals surface area contributed by atoms with Gasteiger partial charge in [0.15, 0.2) is 17.2 Å². The molecule has 8 heteroatoms. The number of nitrogens with zero attached hydrogens (tertiary/aromatic N) is 5. The highest BCUT2D eigenvalue weighted by Crippen LogP contribution is 2.49. The Balaban J connectivity index is 1.32. The van der Waals surface area contributed by atoms with Crippen molar-refractivity contribution in [2.45, 2.75) is 5.92 Å². The number of para-hydroxylation sites is 1. The van der Waals surface area contributed by atoms with Crippen LogP contribution in [0, 0.1) is 0 Å². The molecule has 8 nitrogen and oxygen atoms in total. The first-order chi connectivity index (χ1) is 21.0. The monoisotopic (exact) mass is 563 g/mol. The van der Waals surface area contributed by atoms with E-state index in [2.05, 4.69) is 29.2 Å².